The lowest BCUT2D eigenvalue weighted by molar-refractivity contribution is -0.127. The van der Waals surface area contributed by atoms with E-state index in [1.54, 1.807) is 24.2 Å². The molecule has 0 bridgehead atoms. The number of halogens is 1. The van der Waals surface area contributed by atoms with E-state index in [2.05, 4.69) is 0 Å². The summed E-state index contributed by atoms with van der Waals surface area (Å²) in [5, 5.41) is 0. The fourth-order valence-electron chi connectivity index (χ4n) is 2.96. The van der Waals surface area contributed by atoms with Crippen LogP contribution in [0.1, 0.15) is 11.1 Å². The second-order valence-electron chi connectivity index (χ2n) is 6.37. The van der Waals surface area contributed by atoms with Gasteiger partial charge < -0.3 is 9.64 Å². The predicted octanol–water partition coefficient (Wildman–Crippen LogP) is 3.26. The van der Waals surface area contributed by atoms with E-state index in [0.717, 1.165) is 22.5 Å². The molecule has 0 aliphatic carbocycles. The third-order valence-electron chi connectivity index (χ3n) is 4.48. The molecule has 0 spiro atoms. The number of sulfonamides is 1. The second kappa shape index (κ2) is 8.65. The van der Waals surface area contributed by atoms with Crippen molar-refractivity contribution in [3.63, 3.8) is 0 Å². The van der Waals surface area contributed by atoms with Gasteiger partial charge in [-0.2, -0.15) is 4.31 Å². The molecule has 2 heterocycles. The van der Waals surface area contributed by atoms with Crippen molar-refractivity contribution in [3.05, 3.63) is 51.9 Å². The summed E-state index contributed by atoms with van der Waals surface area (Å²) >= 11 is 6.89. The molecule has 0 atom stereocenters. The fourth-order valence-corrected chi connectivity index (χ4v) is 6.02. The lowest BCUT2D eigenvalue weighted by Crippen LogP contribution is -2.50. The van der Waals surface area contributed by atoms with E-state index in [9.17, 15) is 13.2 Å². The van der Waals surface area contributed by atoms with Crippen molar-refractivity contribution >= 4 is 44.9 Å². The number of carbonyl (C=O) groups is 1. The summed E-state index contributed by atoms with van der Waals surface area (Å²) in [5.41, 5.74) is 1.90. The van der Waals surface area contributed by atoms with Crippen LogP contribution in [0.3, 0.4) is 0 Å². The maximum absolute atomic E-state index is 12.6. The van der Waals surface area contributed by atoms with Crippen LogP contribution in [0.15, 0.2) is 40.6 Å². The number of aryl methyl sites for hydroxylation is 1. The van der Waals surface area contributed by atoms with Crippen LogP contribution in [-0.4, -0.2) is 56.8 Å². The summed E-state index contributed by atoms with van der Waals surface area (Å²) in [4.78, 5) is 14.1. The number of piperazine rings is 1. The van der Waals surface area contributed by atoms with Crippen molar-refractivity contribution in [3.8, 4) is 5.75 Å². The average molecular weight is 441 g/mol. The Morgan fingerprint density at radius 2 is 1.89 bits per heavy atom. The molecular formula is C19H21ClN2O4S2. The molecule has 1 amide bonds. The van der Waals surface area contributed by atoms with Gasteiger partial charge in [0.15, 0.2) is 0 Å². The molecule has 1 aliphatic rings. The highest BCUT2D eigenvalue weighted by molar-refractivity contribution is 7.91. The van der Waals surface area contributed by atoms with E-state index in [0.29, 0.717) is 23.2 Å². The van der Waals surface area contributed by atoms with Crippen LogP contribution in [0.25, 0.3) is 6.08 Å². The monoisotopic (exact) mass is 440 g/mol. The van der Waals surface area contributed by atoms with Gasteiger partial charge in [-0.25, -0.2) is 8.42 Å². The first-order valence-electron chi connectivity index (χ1n) is 8.68. The second-order valence-corrected chi connectivity index (χ2v) is 10.2. The zero-order valence-corrected chi connectivity index (χ0v) is 18.0. The molecule has 0 unspecified atom stereocenters. The number of rotatable bonds is 5. The smallest absolute Gasteiger partial charge is 0.252 e. The Balaban J connectivity index is 1.63. The van der Waals surface area contributed by atoms with Crippen LogP contribution >= 0.6 is 22.9 Å². The van der Waals surface area contributed by atoms with Crippen LogP contribution in [0.2, 0.25) is 4.34 Å². The first kappa shape index (κ1) is 20.9. The van der Waals surface area contributed by atoms with Gasteiger partial charge in [0.1, 0.15) is 9.96 Å². The molecule has 2 aromatic rings. The molecule has 9 heteroatoms. The largest absolute Gasteiger partial charge is 0.496 e. The lowest BCUT2D eigenvalue weighted by Gasteiger charge is -2.33. The number of thiophene rings is 1. The van der Waals surface area contributed by atoms with Gasteiger partial charge in [-0.1, -0.05) is 23.2 Å². The summed E-state index contributed by atoms with van der Waals surface area (Å²) in [7, 11) is -1.98. The summed E-state index contributed by atoms with van der Waals surface area (Å²) < 4.78 is 32.6. The number of amides is 1. The Morgan fingerprint density at radius 3 is 2.50 bits per heavy atom. The van der Waals surface area contributed by atoms with Gasteiger partial charge in [0.2, 0.25) is 5.91 Å². The molecule has 150 valence electrons. The molecule has 0 N–H and O–H groups in total. The Kier molecular flexibility index (Phi) is 6.44. The standard InChI is InChI=1S/C19H21ClN2O4S2/c1-14-3-5-16(26-2)15(13-14)4-7-18(23)21-9-11-22(12-10-21)28(24,25)19-8-6-17(20)27-19/h3-8,13H,9-12H2,1-2H3/b7-4+. The van der Waals surface area contributed by atoms with E-state index in [1.807, 2.05) is 25.1 Å². The third-order valence-corrected chi connectivity index (χ3v) is 8.08. The molecule has 6 nitrogen and oxygen atoms in total. The zero-order valence-electron chi connectivity index (χ0n) is 15.6. The third kappa shape index (κ3) is 4.57. The molecule has 0 radical (unpaired) electrons. The molecule has 1 aromatic carbocycles. The van der Waals surface area contributed by atoms with E-state index in [-0.39, 0.29) is 23.2 Å². The van der Waals surface area contributed by atoms with Crippen LogP contribution in [-0.2, 0) is 14.8 Å². The summed E-state index contributed by atoms with van der Waals surface area (Å²) in [6.45, 7) is 3.16. The Hall–Kier alpha value is -1.87. The Labute approximate surface area is 174 Å². The first-order valence-corrected chi connectivity index (χ1v) is 11.3. The van der Waals surface area contributed by atoms with Crippen molar-refractivity contribution in [2.45, 2.75) is 11.1 Å². The summed E-state index contributed by atoms with van der Waals surface area (Å²) in [6.07, 6.45) is 3.23. The van der Waals surface area contributed by atoms with Crippen LogP contribution < -0.4 is 4.74 Å². The summed E-state index contributed by atoms with van der Waals surface area (Å²) in [6, 6.07) is 8.83. The number of nitrogens with zero attached hydrogens (tertiary/aromatic N) is 2. The van der Waals surface area contributed by atoms with E-state index in [4.69, 9.17) is 16.3 Å². The minimum atomic E-state index is -3.56. The number of carbonyl (C=O) groups excluding carboxylic acids is 1. The highest BCUT2D eigenvalue weighted by Gasteiger charge is 2.30. The van der Waals surface area contributed by atoms with Crippen molar-refractivity contribution in [1.29, 1.82) is 0 Å². The van der Waals surface area contributed by atoms with Gasteiger partial charge in [0.05, 0.1) is 11.4 Å². The van der Waals surface area contributed by atoms with Gasteiger partial charge in [-0.3, -0.25) is 4.79 Å². The van der Waals surface area contributed by atoms with Crippen molar-refractivity contribution < 1.29 is 17.9 Å². The van der Waals surface area contributed by atoms with Crippen LogP contribution in [0.4, 0.5) is 0 Å². The van der Waals surface area contributed by atoms with E-state index in [1.165, 1.54) is 16.4 Å². The number of ether oxygens (including phenoxy) is 1. The molecule has 1 saturated heterocycles. The molecule has 0 saturated carbocycles. The molecule has 28 heavy (non-hydrogen) atoms. The van der Waals surface area contributed by atoms with Gasteiger partial charge in [-0.05, 0) is 37.3 Å². The van der Waals surface area contributed by atoms with Crippen molar-refractivity contribution in [2.75, 3.05) is 33.3 Å². The van der Waals surface area contributed by atoms with Gasteiger partial charge in [0.25, 0.3) is 10.0 Å². The van der Waals surface area contributed by atoms with Crippen molar-refractivity contribution in [1.82, 2.24) is 9.21 Å². The van der Waals surface area contributed by atoms with Crippen LogP contribution in [0.5, 0.6) is 5.75 Å². The van der Waals surface area contributed by atoms with Gasteiger partial charge in [-0.15, -0.1) is 11.3 Å². The molecule has 1 aliphatic heterocycles. The first-order chi connectivity index (χ1) is 13.3. The average Bonchev–Trinajstić information content (AvgIpc) is 3.13. The Morgan fingerprint density at radius 1 is 1.18 bits per heavy atom. The maximum atomic E-state index is 12.6. The SMILES string of the molecule is COc1ccc(C)cc1/C=C/C(=O)N1CCN(S(=O)(=O)c2ccc(Cl)s2)CC1. The topological polar surface area (TPSA) is 66.9 Å². The molecule has 3 rings (SSSR count). The lowest BCUT2D eigenvalue weighted by atomic mass is 10.1. The van der Waals surface area contributed by atoms with E-state index >= 15 is 0 Å². The summed E-state index contributed by atoms with van der Waals surface area (Å²) in [5.74, 6) is 0.542. The van der Waals surface area contributed by atoms with Gasteiger partial charge in [0, 0.05) is 37.8 Å². The number of hydrogen-bond donors (Lipinski definition) is 0. The number of benzene rings is 1. The number of methoxy groups -OCH3 is 1. The highest BCUT2D eigenvalue weighted by Crippen LogP contribution is 2.28. The number of hydrogen-bond acceptors (Lipinski definition) is 5. The fraction of sp³-hybridized carbons (Fsp3) is 0.316. The molecule has 1 aromatic heterocycles. The Bertz CT molecular complexity index is 993. The minimum absolute atomic E-state index is 0.153. The van der Waals surface area contributed by atoms with Crippen LogP contribution in [0, 0.1) is 6.92 Å². The molecule has 1 fully saturated rings. The molecular weight excluding hydrogens is 420 g/mol. The minimum Gasteiger partial charge on any atom is -0.496 e. The van der Waals surface area contributed by atoms with Crippen molar-refractivity contribution in [2.24, 2.45) is 0 Å². The zero-order chi connectivity index (χ0) is 20.3. The predicted molar refractivity (Wildman–Crippen MR) is 111 cm³/mol. The normalized spacial score (nSPS) is 15.9. The van der Waals surface area contributed by atoms with Gasteiger partial charge >= 0.3 is 0 Å². The maximum Gasteiger partial charge on any atom is 0.252 e. The van der Waals surface area contributed by atoms with E-state index < -0.39 is 10.0 Å². The quantitative estimate of drug-likeness (QED) is 0.669. The highest BCUT2D eigenvalue weighted by atomic mass is 35.5.